The van der Waals surface area contributed by atoms with Gasteiger partial charge >= 0.3 is 0 Å². The second kappa shape index (κ2) is 7.28. The fraction of sp³-hybridized carbons (Fsp3) is 0.409. The number of nitrogens with zero attached hydrogens (tertiary/aromatic N) is 2. The van der Waals surface area contributed by atoms with Crippen LogP contribution in [0.1, 0.15) is 42.6 Å². The van der Waals surface area contributed by atoms with Crippen molar-refractivity contribution in [2.45, 2.75) is 38.0 Å². The molecule has 0 unspecified atom stereocenters. The average molecular weight is 402 g/mol. The number of halogens is 3. The van der Waals surface area contributed by atoms with Crippen molar-refractivity contribution in [2.75, 3.05) is 11.4 Å². The maximum absolute atomic E-state index is 14.6. The second-order valence-corrected chi connectivity index (χ2v) is 8.12. The molecule has 1 aliphatic carbocycles. The van der Waals surface area contributed by atoms with Gasteiger partial charge in [0.15, 0.2) is 5.78 Å². The van der Waals surface area contributed by atoms with E-state index in [0.717, 1.165) is 0 Å². The van der Waals surface area contributed by atoms with Crippen LogP contribution < -0.4 is 4.90 Å². The number of ketones is 1. The molecule has 1 saturated carbocycles. The van der Waals surface area contributed by atoms with E-state index in [4.69, 9.17) is 0 Å². The molecule has 0 N–H and O–H groups in total. The zero-order valence-corrected chi connectivity index (χ0v) is 15.8. The summed E-state index contributed by atoms with van der Waals surface area (Å²) in [4.78, 5) is 31.0. The van der Waals surface area contributed by atoms with E-state index in [1.54, 1.807) is 24.3 Å². The van der Waals surface area contributed by atoms with Crippen molar-refractivity contribution < 1.29 is 22.8 Å². The number of pyridine rings is 1. The maximum Gasteiger partial charge on any atom is 0.249 e. The first-order valence-corrected chi connectivity index (χ1v) is 9.68. The van der Waals surface area contributed by atoms with Crippen LogP contribution in [0.5, 0.6) is 0 Å². The molecule has 2 atom stereocenters. The monoisotopic (exact) mass is 402 g/mol. The van der Waals surface area contributed by atoms with Gasteiger partial charge in [-0.15, -0.1) is 0 Å². The van der Waals surface area contributed by atoms with Crippen molar-refractivity contribution in [1.82, 2.24) is 4.98 Å². The molecule has 2 aliphatic rings. The molecule has 4 nitrogen and oxygen atoms in total. The minimum absolute atomic E-state index is 0.0679. The smallest absolute Gasteiger partial charge is 0.249 e. The summed E-state index contributed by atoms with van der Waals surface area (Å²) in [5.41, 5.74) is -0.597. The number of anilines is 1. The molecule has 1 amide bonds. The molecule has 4 rings (SSSR count). The molecule has 1 aromatic carbocycles. The summed E-state index contributed by atoms with van der Waals surface area (Å²) in [7, 11) is 0. The first-order valence-electron chi connectivity index (χ1n) is 9.68. The third kappa shape index (κ3) is 3.91. The topological polar surface area (TPSA) is 50.3 Å². The summed E-state index contributed by atoms with van der Waals surface area (Å²) in [6.45, 7) is 0.263. The predicted octanol–water partition coefficient (Wildman–Crippen LogP) is 4.65. The predicted molar refractivity (Wildman–Crippen MR) is 101 cm³/mol. The van der Waals surface area contributed by atoms with Crippen molar-refractivity contribution in [3.63, 3.8) is 0 Å². The molecule has 1 spiro atoms. The molecule has 2 aromatic rings. The van der Waals surface area contributed by atoms with E-state index in [2.05, 4.69) is 4.98 Å². The minimum atomic E-state index is -3.03. The SMILES string of the molecule is O=C(C[C@@H]1CC(F)(F)C[C@@]2(CCN(c3cccc(F)c3)C2=O)C1)c1ccccn1. The lowest BCUT2D eigenvalue weighted by Crippen LogP contribution is -2.45. The maximum atomic E-state index is 14.6. The van der Waals surface area contributed by atoms with Gasteiger partial charge in [0.2, 0.25) is 11.8 Å². The van der Waals surface area contributed by atoms with Crippen LogP contribution in [0.15, 0.2) is 48.7 Å². The number of hydrogen-bond acceptors (Lipinski definition) is 3. The molecule has 0 radical (unpaired) electrons. The van der Waals surface area contributed by atoms with Crippen LogP contribution in [-0.2, 0) is 4.79 Å². The zero-order valence-electron chi connectivity index (χ0n) is 15.8. The zero-order chi connectivity index (χ0) is 20.6. The molecule has 2 fully saturated rings. The van der Waals surface area contributed by atoms with E-state index in [9.17, 15) is 22.8 Å². The van der Waals surface area contributed by atoms with E-state index in [1.165, 1.54) is 29.3 Å². The summed E-state index contributed by atoms with van der Waals surface area (Å²) in [6, 6.07) is 10.5. The summed E-state index contributed by atoms with van der Waals surface area (Å²) in [6.07, 6.45) is 0.973. The van der Waals surface area contributed by atoms with Gasteiger partial charge in [0, 0.05) is 37.7 Å². The summed E-state index contributed by atoms with van der Waals surface area (Å²) in [5.74, 6) is -4.82. The molecule has 1 aromatic heterocycles. The molecule has 152 valence electrons. The first-order chi connectivity index (χ1) is 13.8. The number of carbonyl (C=O) groups is 2. The van der Waals surface area contributed by atoms with Crippen LogP contribution in [0.25, 0.3) is 0 Å². The summed E-state index contributed by atoms with van der Waals surface area (Å²) >= 11 is 0. The van der Waals surface area contributed by atoms with E-state index >= 15 is 0 Å². The molecule has 0 bridgehead atoms. The fourth-order valence-electron chi connectivity index (χ4n) is 4.79. The van der Waals surface area contributed by atoms with Crippen molar-refractivity contribution in [3.8, 4) is 0 Å². The number of rotatable bonds is 4. The van der Waals surface area contributed by atoms with E-state index in [1.807, 2.05) is 0 Å². The van der Waals surface area contributed by atoms with Gasteiger partial charge in [-0.25, -0.2) is 13.2 Å². The van der Waals surface area contributed by atoms with Crippen molar-refractivity contribution >= 4 is 17.4 Å². The Kier molecular flexibility index (Phi) is 4.92. The number of hydrogen-bond donors (Lipinski definition) is 0. The molecule has 1 saturated heterocycles. The van der Waals surface area contributed by atoms with Crippen LogP contribution in [0.4, 0.5) is 18.9 Å². The summed E-state index contributed by atoms with van der Waals surface area (Å²) in [5, 5.41) is 0. The van der Waals surface area contributed by atoms with Gasteiger partial charge in [-0.3, -0.25) is 14.6 Å². The Labute approximate surface area is 166 Å². The Morgan fingerprint density at radius 3 is 2.72 bits per heavy atom. The van der Waals surface area contributed by atoms with Gasteiger partial charge in [0.25, 0.3) is 0 Å². The third-order valence-electron chi connectivity index (χ3n) is 5.92. The Bertz CT molecular complexity index is 935. The number of carbonyl (C=O) groups excluding carboxylic acids is 2. The van der Waals surface area contributed by atoms with Crippen LogP contribution in [0.3, 0.4) is 0 Å². The van der Waals surface area contributed by atoms with Crippen LogP contribution >= 0.6 is 0 Å². The Morgan fingerprint density at radius 2 is 2.00 bits per heavy atom. The van der Waals surface area contributed by atoms with Crippen molar-refractivity contribution in [2.24, 2.45) is 11.3 Å². The number of aromatic nitrogens is 1. The van der Waals surface area contributed by atoms with Gasteiger partial charge in [0.05, 0.1) is 5.41 Å². The van der Waals surface area contributed by atoms with E-state index < -0.39 is 41.8 Å². The molecular formula is C22H21F3N2O2. The Hall–Kier alpha value is -2.70. The van der Waals surface area contributed by atoms with E-state index in [-0.39, 0.29) is 37.3 Å². The minimum Gasteiger partial charge on any atom is -0.312 e. The second-order valence-electron chi connectivity index (χ2n) is 8.12. The quantitative estimate of drug-likeness (QED) is 0.700. The Morgan fingerprint density at radius 1 is 1.17 bits per heavy atom. The highest BCUT2D eigenvalue weighted by atomic mass is 19.3. The van der Waals surface area contributed by atoms with Gasteiger partial charge in [-0.05, 0) is 49.1 Å². The largest absolute Gasteiger partial charge is 0.312 e. The highest BCUT2D eigenvalue weighted by molar-refractivity contribution is 6.00. The summed E-state index contributed by atoms with van der Waals surface area (Å²) < 4.78 is 42.8. The lowest BCUT2D eigenvalue weighted by molar-refractivity contribution is -0.143. The highest BCUT2D eigenvalue weighted by Crippen LogP contribution is 2.53. The third-order valence-corrected chi connectivity index (χ3v) is 5.92. The van der Waals surface area contributed by atoms with E-state index in [0.29, 0.717) is 5.69 Å². The molecular weight excluding hydrogens is 381 g/mol. The molecule has 2 heterocycles. The van der Waals surface area contributed by atoms with Crippen molar-refractivity contribution in [1.29, 1.82) is 0 Å². The van der Waals surface area contributed by atoms with Crippen LogP contribution in [-0.4, -0.2) is 29.1 Å². The average Bonchev–Trinajstić information content (AvgIpc) is 2.96. The highest BCUT2D eigenvalue weighted by Gasteiger charge is 2.57. The number of alkyl halides is 2. The first kappa shape index (κ1) is 19.6. The van der Waals surface area contributed by atoms with Crippen molar-refractivity contribution in [3.05, 3.63) is 60.2 Å². The van der Waals surface area contributed by atoms with Crippen LogP contribution in [0.2, 0.25) is 0 Å². The normalized spacial score (nSPS) is 26.1. The lowest BCUT2D eigenvalue weighted by Gasteiger charge is -2.40. The van der Waals surface area contributed by atoms with Gasteiger partial charge in [-0.2, -0.15) is 0 Å². The number of Topliss-reactive ketones (excluding diaryl/α,β-unsaturated/α-hetero) is 1. The van der Waals surface area contributed by atoms with Gasteiger partial charge < -0.3 is 4.90 Å². The van der Waals surface area contributed by atoms with Crippen LogP contribution in [0, 0.1) is 17.2 Å². The lowest BCUT2D eigenvalue weighted by atomic mass is 9.66. The number of amides is 1. The Balaban J connectivity index is 1.55. The standard InChI is InChI=1S/C22H21F3N2O2/c23-16-4-3-5-17(11-16)27-9-7-21(20(27)29)12-15(13-22(24,25)14-21)10-19(28)18-6-1-2-8-26-18/h1-6,8,11,15H,7,9-10,12-14H2/t15-,21+/m0/s1. The molecule has 29 heavy (non-hydrogen) atoms. The fourth-order valence-corrected chi connectivity index (χ4v) is 4.79. The number of benzene rings is 1. The van der Waals surface area contributed by atoms with Gasteiger partial charge in [0.1, 0.15) is 11.5 Å². The molecule has 1 aliphatic heterocycles. The molecule has 7 heteroatoms. The van der Waals surface area contributed by atoms with Gasteiger partial charge in [-0.1, -0.05) is 12.1 Å².